The quantitative estimate of drug-likeness (QED) is 0.0685. The Kier molecular flexibility index (Phi) is 12.5. The highest BCUT2D eigenvalue weighted by molar-refractivity contribution is 5.98. The zero-order valence-corrected chi connectivity index (χ0v) is 28.2. The Hall–Kier alpha value is -4.11. The molecule has 3 rings (SSSR count). The average Bonchev–Trinajstić information content (AvgIpc) is 3.25. The van der Waals surface area contributed by atoms with Gasteiger partial charge in [0.25, 0.3) is 0 Å². The zero-order chi connectivity index (χ0) is 36.9. The van der Waals surface area contributed by atoms with Gasteiger partial charge in [0, 0.05) is 25.3 Å². The van der Waals surface area contributed by atoms with Gasteiger partial charge in [0.05, 0.1) is 0 Å². The van der Waals surface area contributed by atoms with Gasteiger partial charge < -0.3 is 44.5 Å². The predicted octanol–water partition coefficient (Wildman–Crippen LogP) is 2.88. The van der Waals surface area contributed by atoms with Crippen LogP contribution in [0.25, 0.3) is 0 Å². The number of aliphatic carboxylic acids is 3. The molecule has 0 aromatic heterocycles. The van der Waals surface area contributed by atoms with E-state index in [1.54, 1.807) is 6.92 Å². The van der Waals surface area contributed by atoms with Crippen LogP contribution in [0.1, 0.15) is 65.9 Å². The lowest BCUT2D eigenvalue weighted by Crippen LogP contribution is -2.78. The van der Waals surface area contributed by atoms with E-state index in [1.807, 2.05) is 51.1 Å². The summed E-state index contributed by atoms with van der Waals surface area (Å²) in [5.74, 6) is -11.3. The molecule has 270 valence electrons. The van der Waals surface area contributed by atoms with E-state index >= 15 is 0 Å². The Morgan fingerprint density at radius 3 is 2.20 bits per heavy atom. The topological polar surface area (TPSA) is 223 Å². The van der Waals surface area contributed by atoms with Crippen LogP contribution in [-0.2, 0) is 49.3 Å². The van der Waals surface area contributed by atoms with E-state index in [2.05, 4.69) is 6.58 Å². The van der Waals surface area contributed by atoms with Gasteiger partial charge in [-0.15, -0.1) is 0 Å². The standard InChI is InChI=1S/C35H46O14/c1-7-19(2)17-20(3)13-14-25(37)47-28-27(38)33(48-29(30(39)40)34(45,31(41)42)35(28,49-33)32(43)44)16-15-21(4)26(46-23(6)36)22(5)18-24-11-9-8-10-12-24/h8-14,19-20,22,26-29,38,45H,4,7,15-18H2,1-3,5-6H3,(H,39,40)(H,41,42)(H,43,44)/b14-13+/t19-,20+,22+,26+,27+,28+,29+,33-,34+,35-/m0/s1/i2+1,3+1,4+1,5+1. The summed E-state index contributed by atoms with van der Waals surface area (Å²) in [7, 11) is 0. The maximum absolute atomic E-state index is 13.0. The number of hydrogen-bond acceptors (Lipinski definition) is 11. The second kappa shape index (κ2) is 15.6. The van der Waals surface area contributed by atoms with Crippen molar-refractivity contribution in [2.75, 3.05) is 0 Å². The minimum atomic E-state index is -3.90. The van der Waals surface area contributed by atoms with Crippen LogP contribution in [0.3, 0.4) is 0 Å². The van der Waals surface area contributed by atoms with Crippen molar-refractivity contribution in [3.63, 3.8) is 0 Å². The van der Waals surface area contributed by atoms with Crippen molar-refractivity contribution in [2.45, 2.75) is 108 Å². The number of aliphatic hydroxyl groups excluding tert-OH is 1. The first kappa shape index (κ1) is 39.3. The van der Waals surface area contributed by atoms with Gasteiger partial charge in [-0.3, -0.25) is 4.79 Å². The first-order valence-electron chi connectivity index (χ1n) is 16.1. The molecule has 2 saturated heterocycles. The first-order valence-corrected chi connectivity index (χ1v) is 16.1. The van der Waals surface area contributed by atoms with E-state index in [0.29, 0.717) is 18.8 Å². The normalized spacial score (nSPS) is 30.1. The molecule has 0 aliphatic carbocycles. The number of ether oxygens (including phenoxy) is 4. The number of hydrogen-bond donors (Lipinski definition) is 5. The summed E-state index contributed by atoms with van der Waals surface area (Å²) in [4.78, 5) is 63.0. The van der Waals surface area contributed by atoms with Gasteiger partial charge in [0.15, 0.2) is 6.10 Å². The number of fused-ring (bicyclic) bond motifs is 2. The molecule has 2 bridgehead atoms. The molecule has 1 aromatic rings. The molecule has 2 heterocycles. The summed E-state index contributed by atoms with van der Waals surface area (Å²) in [6.07, 6.45) is -4.83. The molecule has 0 spiro atoms. The molecule has 0 saturated carbocycles. The molecule has 14 heteroatoms. The van der Waals surface area contributed by atoms with Gasteiger partial charge in [-0.1, -0.05) is 77.1 Å². The highest BCUT2D eigenvalue weighted by Gasteiger charge is 2.85. The molecule has 0 radical (unpaired) electrons. The molecular formula is C35H46O14. The number of carbonyl (C=O) groups is 5. The van der Waals surface area contributed by atoms with Gasteiger partial charge in [0.2, 0.25) is 23.1 Å². The van der Waals surface area contributed by atoms with E-state index in [-0.39, 0.29) is 23.8 Å². The van der Waals surface area contributed by atoms with E-state index in [4.69, 9.17) is 18.9 Å². The number of rotatable bonds is 17. The number of carbonyl (C=O) groups excluding carboxylic acids is 2. The zero-order valence-electron chi connectivity index (χ0n) is 28.2. The lowest BCUT2D eigenvalue weighted by atomic mass is 9.74. The summed E-state index contributed by atoms with van der Waals surface area (Å²) < 4.78 is 22.0. The van der Waals surface area contributed by atoms with Crippen molar-refractivity contribution in [3.05, 3.63) is 60.2 Å². The third-order valence-electron chi connectivity index (χ3n) is 9.29. The minimum absolute atomic E-state index is 0.123. The molecule has 2 aliphatic rings. The number of carboxylic acid groups (broad SMARTS) is 3. The molecule has 0 unspecified atom stereocenters. The highest BCUT2D eigenvalue weighted by Crippen LogP contribution is 2.56. The minimum Gasteiger partial charge on any atom is -0.479 e. The maximum atomic E-state index is 13.0. The number of carboxylic acids is 3. The summed E-state index contributed by atoms with van der Waals surface area (Å²) in [5, 5.41) is 53.5. The van der Waals surface area contributed by atoms with Gasteiger partial charge >= 0.3 is 29.8 Å². The van der Waals surface area contributed by atoms with Crippen LogP contribution < -0.4 is 0 Å². The molecule has 2 aliphatic heterocycles. The Balaban J connectivity index is 2.02. The van der Waals surface area contributed by atoms with Crippen molar-refractivity contribution in [3.8, 4) is 0 Å². The summed E-state index contributed by atoms with van der Waals surface area (Å²) in [5.41, 5.74) is -6.27. The first-order chi connectivity index (χ1) is 22.9. The predicted molar refractivity (Wildman–Crippen MR) is 171 cm³/mol. The van der Waals surface area contributed by atoms with E-state index in [1.165, 1.54) is 13.0 Å². The molecule has 49 heavy (non-hydrogen) atoms. The molecular weight excluding hydrogens is 648 g/mol. The lowest BCUT2D eigenvalue weighted by Gasteiger charge is -2.48. The van der Waals surface area contributed by atoms with Crippen LogP contribution in [-0.4, -0.2) is 96.8 Å². The van der Waals surface area contributed by atoms with Gasteiger partial charge in [-0.25, -0.2) is 19.2 Å². The largest absolute Gasteiger partial charge is 0.479 e. The van der Waals surface area contributed by atoms with E-state index in [9.17, 15) is 49.5 Å². The smallest absolute Gasteiger partial charge is 0.344 e. The number of benzene rings is 1. The Labute approximate surface area is 284 Å². The average molecular weight is 695 g/mol. The van der Waals surface area contributed by atoms with Crippen LogP contribution in [0, 0.1) is 17.8 Å². The van der Waals surface area contributed by atoms with Gasteiger partial charge in [-0.2, -0.15) is 0 Å². The highest BCUT2D eigenvalue weighted by atomic mass is 16.8. The van der Waals surface area contributed by atoms with Crippen LogP contribution in [0.4, 0.5) is 0 Å². The molecule has 10 atom stereocenters. The van der Waals surface area contributed by atoms with Crippen LogP contribution >= 0.6 is 0 Å². The molecule has 14 nitrogen and oxygen atoms in total. The lowest BCUT2D eigenvalue weighted by molar-refractivity contribution is -0.374. The second-order valence-corrected chi connectivity index (χ2v) is 13.1. The SMILES string of the molecule is CC[C@H]([13CH3])C[C@H]([13CH3])/C=C/C(=O)O[C@@H]1[C@@H](O)[C@@]2(CCC(=[13CH2])[C@@H](OC(C)=O)[C@H]([13CH3])Cc3ccccc3)O[C@H](C(=O)O)[C@@](O)(C(=O)O)[C@]1(C(=O)O)O2. The molecule has 1 aromatic carbocycles. The molecule has 2 fully saturated rings. The van der Waals surface area contributed by atoms with Crippen LogP contribution in [0.2, 0.25) is 0 Å². The van der Waals surface area contributed by atoms with Crippen LogP contribution in [0.15, 0.2) is 54.6 Å². The van der Waals surface area contributed by atoms with Crippen LogP contribution in [0.5, 0.6) is 0 Å². The molecule has 0 amide bonds. The third-order valence-corrected chi connectivity index (χ3v) is 9.29. The third kappa shape index (κ3) is 7.88. The van der Waals surface area contributed by atoms with E-state index < -0.39 is 77.7 Å². The Bertz CT molecular complexity index is 1440. The van der Waals surface area contributed by atoms with Gasteiger partial charge in [-0.05, 0) is 42.2 Å². The summed E-state index contributed by atoms with van der Waals surface area (Å²) >= 11 is 0. The van der Waals surface area contributed by atoms with Crippen molar-refractivity contribution in [1.82, 2.24) is 0 Å². The number of allylic oxidation sites excluding steroid dienone is 1. The fourth-order valence-electron chi connectivity index (χ4n) is 6.58. The fraction of sp³-hybridized carbons (Fsp3) is 0.571. The number of esters is 2. The van der Waals surface area contributed by atoms with Crippen molar-refractivity contribution in [1.29, 1.82) is 0 Å². The van der Waals surface area contributed by atoms with Crippen molar-refractivity contribution in [2.24, 2.45) is 17.8 Å². The van der Waals surface area contributed by atoms with Gasteiger partial charge in [0.1, 0.15) is 12.2 Å². The Morgan fingerprint density at radius 2 is 1.67 bits per heavy atom. The second-order valence-electron chi connectivity index (χ2n) is 13.1. The fourth-order valence-corrected chi connectivity index (χ4v) is 6.58. The summed E-state index contributed by atoms with van der Waals surface area (Å²) in [6.45, 7) is 12.9. The monoisotopic (exact) mass is 694 g/mol. The number of aliphatic hydroxyl groups is 2. The molecule has 5 N–H and O–H groups in total. The van der Waals surface area contributed by atoms with Crippen molar-refractivity contribution < 1.29 is 68.5 Å². The Morgan fingerprint density at radius 1 is 1.04 bits per heavy atom. The maximum Gasteiger partial charge on any atom is 0.344 e. The summed E-state index contributed by atoms with van der Waals surface area (Å²) in [6, 6.07) is 9.29. The van der Waals surface area contributed by atoms with Crippen molar-refractivity contribution >= 4 is 29.8 Å². The van der Waals surface area contributed by atoms with E-state index in [0.717, 1.165) is 18.1 Å².